The van der Waals surface area contributed by atoms with Crippen molar-refractivity contribution in [2.75, 3.05) is 7.05 Å². The normalized spacial score (nSPS) is 13.0. The molecule has 0 bridgehead atoms. The van der Waals surface area contributed by atoms with E-state index in [4.69, 9.17) is 5.11 Å². The van der Waals surface area contributed by atoms with Crippen LogP contribution in [0.5, 0.6) is 0 Å². The zero-order valence-corrected chi connectivity index (χ0v) is 17.0. The lowest BCUT2D eigenvalue weighted by atomic mass is 10.0. The zero-order valence-electron chi connectivity index (χ0n) is 16.2. The van der Waals surface area contributed by atoms with Gasteiger partial charge in [0, 0.05) is 24.4 Å². The van der Waals surface area contributed by atoms with Gasteiger partial charge in [-0.15, -0.1) is 11.3 Å². The monoisotopic (exact) mass is 389 g/mol. The van der Waals surface area contributed by atoms with Crippen molar-refractivity contribution in [3.05, 3.63) is 51.5 Å². The SMILES string of the molecule is Cc1nc(C)c(C(C)N(C)C(=O)NC(CCC(=O)O)Cc2ccccc2)s1. The third-order valence-electron chi connectivity index (χ3n) is 4.58. The molecule has 27 heavy (non-hydrogen) atoms. The maximum absolute atomic E-state index is 12.8. The summed E-state index contributed by atoms with van der Waals surface area (Å²) < 4.78 is 0. The van der Waals surface area contributed by atoms with Crippen LogP contribution in [0.3, 0.4) is 0 Å². The summed E-state index contributed by atoms with van der Waals surface area (Å²) in [5, 5.41) is 13.0. The summed E-state index contributed by atoms with van der Waals surface area (Å²) in [5.41, 5.74) is 2.01. The van der Waals surface area contributed by atoms with E-state index in [0.717, 1.165) is 21.1 Å². The molecule has 0 spiro atoms. The van der Waals surface area contributed by atoms with Crippen LogP contribution >= 0.6 is 11.3 Å². The Morgan fingerprint density at radius 2 is 1.93 bits per heavy atom. The molecular formula is C20H27N3O3S. The lowest BCUT2D eigenvalue weighted by molar-refractivity contribution is -0.137. The fourth-order valence-corrected chi connectivity index (χ4v) is 4.01. The van der Waals surface area contributed by atoms with Gasteiger partial charge in [-0.2, -0.15) is 0 Å². The quantitative estimate of drug-likeness (QED) is 0.716. The van der Waals surface area contributed by atoms with E-state index in [2.05, 4.69) is 10.3 Å². The number of carbonyl (C=O) groups is 2. The van der Waals surface area contributed by atoms with E-state index in [-0.39, 0.29) is 24.5 Å². The van der Waals surface area contributed by atoms with Gasteiger partial charge in [0.1, 0.15) is 0 Å². The summed E-state index contributed by atoms with van der Waals surface area (Å²) in [6.45, 7) is 5.88. The van der Waals surface area contributed by atoms with Crippen LogP contribution in [-0.2, 0) is 11.2 Å². The smallest absolute Gasteiger partial charge is 0.317 e. The number of aryl methyl sites for hydroxylation is 2. The molecule has 146 valence electrons. The highest BCUT2D eigenvalue weighted by molar-refractivity contribution is 7.11. The number of hydrogen-bond donors (Lipinski definition) is 2. The van der Waals surface area contributed by atoms with Gasteiger partial charge in [-0.05, 0) is 39.2 Å². The number of carbonyl (C=O) groups excluding carboxylic acids is 1. The van der Waals surface area contributed by atoms with Gasteiger partial charge >= 0.3 is 12.0 Å². The van der Waals surface area contributed by atoms with Crippen molar-refractivity contribution in [2.45, 2.75) is 52.1 Å². The minimum atomic E-state index is -0.861. The van der Waals surface area contributed by atoms with Crippen molar-refractivity contribution >= 4 is 23.3 Å². The Kier molecular flexibility index (Phi) is 7.36. The Bertz CT molecular complexity index is 776. The van der Waals surface area contributed by atoms with Gasteiger partial charge in [0.15, 0.2) is 0 Å². The molecule has 0 aliphatic carbocycles. The molecule has 2 atom stereocenters. The molecule has 2 N–H and O–H groups in total. The van der Waals surface area contributed by atoms with Gasteiger partial charge < -0.3 is 15.3 Å². The largest absolute Gasteiger partial charge is 0.481 e. The van der Waals surface area contributed by atoms with Crippen LogP contribution in [0.2, 0.25) is 0 Å². The molecule has 2 aromatic rings. The minimum Gasteiger partial charge on any atom is -0.481 e. The van der Waals surface area contributed by atoms with E-state index in [1.54, 1.807) is 23.3 Å². The second kappa shape index (κ2) is 9.50. The highest BCUT2D eigenvalue weighted by atomic mass is 32.1. The average Bonchev–Trinajstić information content (AvgIpc) is 2.97. The number of thiazole rings is 1. The van der Waals surface area contributed by atoms with Crippen LogP contribution in [0.4, 0.5) is 4.79 Å². The minimum absolute atomic E-state index is 0.0181. The average molecular weight is 390 g/mol. The van der Waals surface area contributed by atoms with E-state index < -0.39 is 5.97 Å². The molecule has 0 fully saturated rings. The summed E-state index contributed by atoms with van der Waals surface area (Å²) in [5.74, 6) is -0.861. The van der Waals surface area contributed by atoms with Gasteiger partial charge in [-0.3, -0.25) is 4.79 Å². The summed E-state index contributed by atoms with van der Waals surface area (Å²) in [6.07, 6.45) is 1.00. The number of urea groups is 1. The van der Waals surface area contributed by atoms with E-state index in [1.807, 2.05) is 51.1 Å². The molecule has 1 heterocycles. The third-order valence-corrected chi connectivity index (χ3v) is 5.82. The highest BCUT2D eigenvalue weighted by Crippen LogP contribution is 2.28. The van der Waals surface area contributed by atoms with Crippen LogP contribution in [0.1, 0.15) is 46.9 Å². The van der Waals surface area contributed by atoms with Gasteiger partial charge in [0.2, 0.25) is 0 Å². The number of nitrogens with zero attached hydrogens (tertiary/aromatic N) is 2. The molecule has 0 saturated heterocycles. The predicted octanol–water partition coefficient (Wildman–Crippen LogP) is 3.94. The molecule has 2 amide bonds. The number of aromatic nitrogens is 1. The molecule has 0 aliphatic rings. The van der Waals surface area contributed by atoms with Crippen LogP contribution in [0, 0.1) is 13.8 Å². The van der Waals surface area contributed by atoms with Crippen molar-refractivity contribution in [3.63, 3.8) is 0 Å². The molecule has 0 aliphatic heterocycles. The van der Waals surface area contributed by atoms with Gasteiger partial charge in [-0.1, -0.05) is 30.3 Å². The molecular weight excluding hydrogens is 362 g/mol. The number of hydrogen-bond acceptors (Lipinski definition) is 4. The third kappa shape index (κ3) is 6.06. The van der Waals surface area contributed by atoms with Crippen LogP contribution in [0.15, 0.2) is 30.3 Å². The molecule has 0 saturated carbocycles. The summed E-state index contributed by atoms with van der Waals surface area (Å²) >= 11 is 1.59. The number of carboxylic acid groups (broad SMARTS) is 1. The van der Waals surface area contributed by atoms with E-state index >= 15 is 0 Å². The second-order valence-corrected chi connectivity index (χ2v) is 7.97. The standard InChI is InChI=1S/C20H27N3O3S/c1-13-19(27-15(3)21-13)14(2)23(4)20(26)22-17(10-11-18(24)25)12-16-8-6-5-7-9-16/h5-9,14,17H,10-12H2,1-4H3,(H,22,26)(H,24,25). The van der Waals surface area contributed by atoms with Gasteiger partial charge in [0.05, 0.1) is 16.7 Å². The van der Waals surface area contributed by atoms with E-state index in [1.165, 1.54) is 0 Å². The molecule has 2 unspecified atom stereocenters. The maximum Gasteiger partial charge on any atom is 0.317 e. The highest BCUT2D eigenvalue weighted by Gasteiger charge is 2.23. The van der Waals surface area contributed by atoms with Crippen LogP contribution in [-0.4, -0.2) is 40.1 Å². The lowest BCUT2D eigenvalue weighted by Gasteiger charge is -2.28. The fraction of sp³-hybridized carbons (Fsp3) is 0.450. The number of amides is 2. The Balaban J connectivity index is 2.06. The Hall–Kier alpha value is -2.41. The lowest BCUT2D eigenvalue weighted by Crippen LogP contribution is -2.45. The molecule has 1 aromatic carbocycles. The molecule has 1 aromatic heterocycles. The molecule has 7 heteroatoms. The first-order valence-corrected chi connectivity index (χ1v) is 9.82. The maximum atomic E-state index is 12.8. The first-order chi connectivity index (χ1) is 12.8. The summed E-state index contributed by atoms with van der Waals surface area (Å²) in [6, 6.07) is 9.22. The number of carboxylic acids is 1. The van der Waals surface area contributed by atoms with Crippen molar-refractivity contribution in [2.24, 2.45) is 0 Å². The van der Waals surface area contributed by atoms with Crippen LogP contribution < -0.4 is 5.32 Å². The first kappa shape index (κ1) is 20.9. The molecule has 0 radical (unpaired) electrons. The Morgan fingerprint density at radius 3 is 2.48 bits per heavy atom. The van der Waals surface area contributed by atoms with E-state index in [0.29, 0.717) is 12.8 Å². The molecule has 2 rings (SSSR count). The second-order valence-electron chi connectivity index (χ2n) is 6.74. The van der Waals surface area contributed by atoms with Crippen molar-refractivity contribution < 1.29 is 14.7 Å². The topological polar surface area (TPSA) is 82.5 Å². The fourth-order valence-electron chi connectivity index (χ4n) is 2.98. The first-order valence-electron chi connectivity index (χ1n) is 9.01. The van der Waals surface area contributed by atoms with Crippen molar-refractivity contribution in [1.82, 2.24) is 15.2 Å². The van der Waals surface area contributed by atoms with E-state index in [9.17, 15) is 9.59 Å². The zero-order chi connectivity index (χ0) is 20.0. The number of nitrogens with one attached hydrogen (secondary N) is 1. The van der Waals surface area contributed by atoms with Gasteiger partial charge in [-0.25, -0.2) is 9.78 Å². The van der Waals surface area contributed by atoms with Gasteiger partial charge in [0.25, 0.3) is 0 Å². The van der Waals surface area contributed by atoms with Crippen molar-refractivity contribution in [1.29, 1.82) is 0 Å². The van der Waals surface area contributed by atoms with Crippen molar-refractivity contribution in [3.8, 4) is 0 Å². The van der Waals surface area contributed by atoms with Crippen LogP contribution in [0.25, 0.3) is 0 Å². The number of aliphatic carboxylic acids is 1. The predicted molar refractivity (Wildman–Crippen MR) is 107 cm³/mol. The molecule has 6 nitrogen and oxygen atoms in total. The summed E-state index contributed by atoms with van der Waals surface area (Å²) in [7, 11) is 1.76. The number of rotatable bonds is 8. The Labute approximate surface area is 164 Å². The number of benzene rings is 1. The Morgan fingerprint density at radius 1 is 1.26 bits per heavy atom. The summed E-state index contributed by atoms with van der Waals surface area (Å²) in [4.78, 5) is 30.9.